The highest BCUT2D eigenvalue weighted by Gasteiger charge is 2.37. The van der Waals surface area contributed by atoms with E-state index in [-0.39, 0.29) is 11.8 Å². The van der Waals surface area contributed by atoms with Gasteiger partial charge in [-0.3, -0.25) is 14.7 Å². The Labute approximate surface area is 143 Å². The molecule has 2 aliphatic rings. The maximum Gasteiger partial charge on any atom is 0.275 e. The summed E-state index contributed by atoms with van der Waals surface area (Å²) in [6, 6.07) is -0.432. The number of hydrogen-bond acceptors (Lipinski definition) is 4. The molecule has 132 valence electrons. The van der Waals surface area contributed by atoms with E-state index in [4.69, 9.17) is 0 Å². The van der Waals surface area contributed by atoms with E-state index >= 15 is 0 Å². The zero-order valence-electron chi connectivity index (χ0n) is 15.0. The van der Waals surface area contributed by atoms with Crippen molar-refractivity contribution in [1.82, 2.24) is 24.9 Å². The van der Waals surface area contributed by atoms with E-state index in [0.717, 1.165) is 37.3 Å². The second-order valence-corrected chi connectivity index (χ2v) is 7.37. The van der Waals surface area contributed by atoms with Gasteiger partial charge in [-0.1, -0.05) is 13.8 Å². The number of rotatable bonds is 3. The fourth-order valence-electron chi connectivity index (χ4n) is 3.57. The maximum absolute atomic E-state index is 13.0. The summed E-state index contributed by atoms with van der Waals surface area (Å²) >= 11 is 0. The predicted octanol–water partition coefficient (Wildman–Crippen LogP) is 0.727. The second-order valence-electron chi connectivity index (χ2n) is 7.37. The number of piperazine rings is 1. The third-order valence-corrected chi connectivity index (χ3v) is 4.92. The molecule has 1 saturated heterocycles. The average molecular weight is 333 g/mol. The van der Waals surface area contributed by atoms with Crippen molar-refractivity contribution in [2.45, 2.75) is 39.8 Å². The third kappa shape index (κ3) is 3.05. The lowest BCUT2D eigenvalue weighted by atomic mass is 10.0. The Morgan fingerprint density at radius 1 is 1.33 bits per heavy atom. The number of nitrogens with zero attached hydrogens (tertiary/aromatic N) is 4. The van der Waals surface area contributed by atoms with Gasteiger partial charge in [0, 0.05) is 50.4 Å². The lowest BCUT2D eigenvalue weighted by molar-refractivity contribution is -0.140. The summed E-state index contributed by atoms with van der Waals surface area (Å²) in [6.45, 7) is 9.61. The second kappa shape index (κ2) is 6.55. The van der Waals surface area contributed by atoms with Gasteiger partial charge in [-0.25, -0.2) is 0 Å². The fraction of sp³-hybridized carbons (Fsp3) is 0.706. The molecule has 0 aliphatic carbocycles. The van der Waals surface area contributed by atoms with Crippen molar-refractivity contribution in [3.8, 4) is 0 Å². The van der Waals surface area contributed by atoms with Gasteiger partial charge < -0.3 is 14.7 Å². The third-order valence-electron chi connectivity index (χ3n) is 4.92. The first-order valence-electron chi connectivity index (χ1n) is 8.73. The number of fused-ring (bicyclic) bond motifs is 1. The first-order chi connectivity index (χ1) is 11.4. The highest BCUT2D eigenvalue weighted by atomic mass is 16.2. The zero-order valence-corrected chi connectivity index (χ0v) is 15.0. The van der Waals surface area contributed by atoms with E-state index in [9.17, 15) is 9.59 Å². The Balaban J connectivity index is 1.77. The van der Waals surface area contributed by atoms with E-state index in [1.165, 1.54) is 0 Å². The number of aromatic nitrogens is 2. The van der Waals surface area contributed by atoms with Crippen LogP contribution in [0.15, 0.2) is 0 Å². The minimum atomic E-state index is -0.432. The monoisotopic (exact) mass is 333 g/mol. The van der Waals surface area contributed by atoms with Crippen LogP contribution in [-0.4, -0.2) is 76.0 Å². The Hall–Kier alpha value is -1.89. The van der Waals surface area contributed by atoms with Crippen LogP contribution in [0, 0.1) is 5.92 Å². The Morgan fingerprint density at radius 3 is 2.79 bits per heavy atom. The van der Waals surface area contributed by atoms with Crippen LogP contribution in [0.4, 0.5) is 0 Å². The molecule has 1 fully saturated rings. The molecule has 0 radical (unpaired) electrons. The van der Waals surface area contributed by atoms with Gasteiger partial charge in [0.15, 0.2) is 5.69 Å². The number of hydrogen-bond donors (Lipinski definition) is 1. The Kier molecular flexibility index (Phi) is 4.62. The van der Waals surface area contributed by atoms with Gasteiger partial charge >= 0.3 is 0 Å². The molecule has 1 N–H and O–H groups in total. The van der Waals surface area contributed by atoms with E-state index in [2.05, 4.69) is 28.9 Å². The minimum Gasteiger partial charge on any atom is -0.339 e. The van der Waals surface area contributed by atoms with Gasteiger partial charge in [0.05, 0.1) is 0 Å². The van der Waals surface area contributed by atoms with Gasteiger partial charge in [0.1, 0.15) is 6.04 Å². The van der Waals surface area contributed by atoms with E-state index in [0.29, 0.717) is 24.7 Å². The summed E-state index contributed by atoms with van der Waals surface area (Å²) in [6.07, 6.45) is 0.878. The summed E-state index contributed by atoms with van der Waals surface area (Å²) in [5, 5.41) is 7.27. The van der Waals surface area contributed by atoms with Crippen LogP contribution in [-0.2, 0) is 17.8 Å². The molecule has 7 nitrogen and oxygen atoms in total. The smallest absolute Gasteiger partial charge is 0.275 e. The molecule has 3 heterocycles. The van der Waals surface area contributed by atoms with Gasteiger partial charge in [0.2, 0.25) is 5.91 Å². The van der Waals surface area contributed by atoms with Crippen LogP contribution in [0.3, 0.4) is 0 Å². The molecule has 3 rings (SSSR count). The molecule has 1 atom stereocenters. The molecule has 7 heteroatoms. The molecule has 0 spiro atoms. The number of aromatic amines is 1. The fourth-order valence-corrected chi connectivity index (χ4v) is 3.57. The molecular formula is C17H27N5O2. The highest BCUT2D eigenvalue weighted by Crippen LogP contribution is 2.23. The summed E-state index contributed by atoms with van der Waals surface area (Å²) in [4.78, 5) is 31.3. The topological polar surface area (TPSA) is 72.5 Å². The first kappa shape index (κ1) is 17.0. The number of likely N-dealkylation sites (N-methyl/N-ethyl adjacent to an activating group) is 1. The summed E-state index contributed by atoms with van der Waals surface area (Å²) in [5.41, 5.74) is 2.51. The number of nitrogens with one attached hydrogen (secondary N) is 1. The van der Waals surface area contributed by atoms with Crippen LogP contribution in [0.25, 0.3) is 0 Å². The standard InChI is InChI=1S/C17H27N5O2/c1-11(2)9-21-7-8-22(12(3)16(21)23)17(24)15-13-10-20(4)6-5-14(13)18-19-15/h11-12H,5-10H2,1-4H3,(H,18,19)/t12-/m0/s1. The van der Waals surface area contributed by atoms with Crippen molar-refractivity contribution in [1.29, 1.82) is 0 Å². The molecule has 0 aromatic carbocycles. The van der Waals surface area contributed by atoms with Crippen LogP contribution in [0.5, 0.6) is 0 Å². The predicted molar refractivity (Wildman–Crippen MR) is 90.5 cm³/mol. The number of carbonyl (C=O) groups is 2. The molecule has 1 aromatic rings. The summed E-state index contributed by atoms with van der Waals surface area (Å²) in [7, 11) is 2.04. The van der Waals surface area contributed by atoms with Crippen molar-refractivity contribution in [3.05, 3.63) is 17.0 Å². The van der Waals surface area contributed by atoms with Crippen molar-refractivity contribution >= 4 is 11.8 Å². The normalized spacial score (nSPS) is 22.2. The SMILES string of the molecule is CC(C)CN1CCN(C(=O)c2n[nH]c3c2CN(C)CC3)[C@@H](C)C1=O. The Bertz CT molecular complexity index is 639. The highest BCUT2D eigenvalue weighted by molar-refractivity contribution is 5.98. The van der Waals surface area contributed by atoms with Crippen LogP contribution in [0.1, 0.15) is 42.5 Å². The lowest BCUT2D eigenvalue weighted by Gasteiger charge is -2.39. The largest absolute Gasteiger partial charge is 0.339 e. The van der Waals surface area contributed by atoms with Crippen molar-refractivity contribution in [2.75, 3.05) is 33.2 Å². The van der Waals surface area contributed by atoms with Crippen molar-refractivity contribution < 1.29 is 9.59 Å². The summed E-state index contributed by atoms with van der Waals surface area (Å²) in [5.74, 6) is 0.329. The molecular weight excluding hydrogens is 306 g/mol. The molecule has 24 heavy (non-hydrogen) atoms. The minimum absolute atomic E-state index is 0.0322. The molecule has 0 unspecified atom stereocenters. The Morgan fingerprint density at radius 2 is 2.08 bits per heavy atom. The van der Waals surface area contributed by atoms with Gasteiger partial charge in [0.25, 0.3) is 5.91 Å². The van der Waals surface area contributed by atoms with E-state index in [1.54, 1.807) is 4.90 Å². The quantitative estimate of drug-likeness (QED) is 0.885. The van der Waals surface area contributed by atoms with Crippen LogP contribution >= 0.6 is 0 Å². The van der Waals surface area contributed by atoms with Gasteiger partial charge in [-0.05, 0) is 19.9 Å². The number of carbonyl (C=O) groups excluding carboxylic acids is 2. The van der Waals surface area contributed by atoms with E-state index < -0.39 is 6.04 Å². The maximum atomic E-state index is 13.0. The van der Waals surface area contributed by atoms with Crippen LogP contribution in [0.2, 0.25) is 0 Å². The molecule has 2 amide bonds. The molecule has 1 aromatic heterocycles. The molecule has 2 aliphatic heterocycles. The average Bonchev–Trinajstić information content (AvgIpc) is 2.94. The van der Waals surface area contributed by atoms with Crippen LogP contribution < -0.4 is 0 Å². The van der Waals surface area contributed by atoms with Crippen molar-refractivity contribution in [2.24, 2.45) is 5.92 Å². The summed E-state index contributed by atoms with van der Waals surface area (Å²) < 4.78 is 0. The lowest BCUT2D eigenvalue weighted by Crippen LogP contribution is -2.58. The first-order valence-corrected chi connectivity index (χ1v) is 8.73. The van der Waals surface area contributed by atoms with Gasteiger partial charge in [-0.15, -0.1) is 0 Å². The zero-order chi connectivity index (χ0) is 17.4. The van der Waals surface area contributed by atoms with Gasteiger partial charge in [-0.2, -0.15) is 5.10 Å². The van der Waals surface area contributed by atoms with E-state index in [1.807, 2.05) is 18.9 Å². The number of H-pyrrole nitrogens is 1. The number of amides is 2. The van der Waals surface area contributed by atoms with Crippen molar-refractivity contribution in [3.63, 3.8) is 0 Å². The molecule has 0 saturated carbocycles. The molecule has 0 bridgehead atoms.